The zero-order valence-corrected chi connectivity index (χ0v) is 17.0. The van der Waals surface area contributed by atoms with Crippen LogP contribution in [0.2, 0.25) is 0 Å². The monoisotopic (exact) mass is 416 g/mol. The molecule has 2 rings (SSSR count). The molecule has 0 saturated carbocycles. The van der Waals surface area contributed by atoms with Gasteiger partial charge in [-0.1, -0.05) is 6.08 Å². The lowest BCUT2D eigenvalue weighted by atomic mass is 9.98. The van der Waals surface area contributed by atoms with Crippen LogP contribution in [0.1, 0.15) is 32.0 Å². The highest BCUT2D eigenvalue weighted by molar-refractivity contribution is 5.80. The highest BCUT2D eigenvalue weighted by Crippen LogP contribution is 2.40. The van der Waals surface area contributed by atoms with Gasteiger partial charge in [0.2, 0.25) is 5.60 Å². The summed E-state index contributed by atoms with van der Waals surface area (Å²) in [6, 6.07) is 0.199. The molecule has 0 radical (unpaired) electrons. The van der Waals surface area contributed by atoms with Crippen LogP contribution in [0.15, 0.2) is 30.0 Å². The molecule has 0 amide bonds. The summed E-state index contributed by atoms with van der Waals surface area (Å²) in [5, 5.41) is 16.8. The number of nitrogens with one attached hydrogen (secondary N) is 2. The highest BCUT2D eigenvalue weighted by atomic mass is 19.4. The van der Waals surface area contributed by atoms with Crippen LogP contribution in [0.4, 0.5) is 13.2 Å². The molecule has 0 bridgehead atoms. The first-order chi connectivity index (χ1) is 13.7. The number of guanidine groups is 1. The highest BCUT2D eigenvalue weighted by Gasteiger charge is 2.57. The summed E-state index contributed by atoms with van der Waals surface area (Å²) in [7, 11) is 1.42. The van der Waals surface area contributed by atoms with Crippen LogP contribution < -0.4 is 10.6 Å². The molecular formula is C19H31F3N6O. The molecule has 1 aliphatic rings. The topological polar surface area (TPSA) is 77.7 Å². The SMILES string of the molecule is C=CCN1CCC(NC(=NCCC(O)(c2nccn2C)C(F)(F)F)NCC)CC1. The third-order valence-electron chi connectivity index (χ3n) is 5.06. The van der Waals surface area contributed by atoms with Crippen molar-refractivity contribution in [3.8, 4) is 0 Å². The van der Waals surface area contributed by atoms with E-state index < -0.39 is 24.0 Å². The Morgan fingerprint density at radius 3 is 2.62 bits per heavy atom. The lowest BCUT2D eigenvalue weighted by Crippen LogP contribution is -2.49. The van der Waals surface area contributed by atoms with E-state index in [4.69, 9.17) is 0 Å². The molecule has 10 heteroatoms. The summed E-state index contributed by atoms with van der Waals surface area (Å²) < 4.78 is 42.0. The third kappa shape index (κ3) is 5.96. The van der Waals surface area contributed by atoms with E-state index in [9.17, 15) is 18.3 Å². The standard InChI is InChI=1S/C19H31F3N6O/c1-4-11-28-12-6-15(7-13-28)26-17(23-5-2)25-9-8-18(29,19(20,21)22)16-24-10-14-27(16)3/h4,10,14-15,29H,1,5-9,11-13H2,2-3H3,(H2,23,25,26). The minimum atomic E-state index is -4.86. The number of rotatable bonds is 8. The fourth-order valence-electron chi connectivity index (χ4n) is 3.43. The van der Waals surface area contributed by atoms with Gasteiger partial charge in [-0.2, -0.15) is 13.2 Å². The minimum Gasteiger partial charge on any atom is -0.374 e. The van der Waals surface area contributed by atoms with Gasteiger partial charge < -0.3 is 20.3 Å². The van der Waals surface area contributed by atoms with Crippen LogP contribution in [-0.4, -0.2) is 70.5 Å². The van der Waals surface area contributed by atoms with Gasteiger partial charge in [0, 0.05) is 64.6 Å². The van der Waals surface area contributed by atoms with Crippen LogP contribution >= 0.6 is 0 Å². The molecule has 0 aromatic carbocycles. The Balaban J connectivity index is 2.02. The molecule has 1 unspecified atom stereocenters. The number of hydrogen-bond donors (Lipinski definition) is 3. The zero-order valence-electron chi connectivity index (χ0n) is 17.0. The summed E-state index contributed by atoms with van der Waals surface area (Å²) >= 11 is 0. The Bertz CT molecular complexity index is 682. The Kier molecular flexibility index (Phi) is 8.09. The average molecular weight is 416 g/mol. The van der Waals surface area contributed by atoms with Crippen LogP contribution in [0.3, 0.4) is 0 Å². The fourth-order valence-corrected chi connectivity index (χ4v) is 3.43. The molecule has 2 heterocycles. The lowest BCUT2D eigenvalue weighted by Gasteiger charge is -2.32. The second-order valence-corrected chi connectivity index (χ2v) is 7.24. The van der Waals surface area contributed by atoms with E-state index in [0.29, 0.717) is 12.5 Å². The molecule has 1 aromatic heterocycles. The van der Waals surface area contributed by atoms with Gasteiger partial charge in [-0.15, -0.1) is 6.58 Å². The number of imidazole rings is 1. The van der Waals surface area contributed by atoms with Crippen molar-refractivity contribution in [2.45, 2.75) is 44.0 Å². The smallest absolute Gasteiger partial charge is 0.374 e. The molecule has 0 spiro atoms. The van der Waals surface area contributed by atoms with Crippen LogP contribution in [0.5, 0.6) is 0 Å². The lowest BCUT2D eigenvalue weighted by molar-refractivity contribution is -0.272. The molecule has 1 saturated heterocycles. The Morgan fingerprint density at radius 1 is 1.41 bits per heavy atom. The molecule has 164 valence electrons. The van der Waals surface area contributed by atoms with E-state index in [1.165, 1.54) is 24.0 Å². The number of aryl methyl sites for hydroxylation is 1. The number of hydrogen-bond acceptors (Lipinski definition) is 4. The number of nitrogens with zero attached hydrogens (tertiary/aromatic N) is 4. The predicted molar refractivity (Wildman–Crippen MR) is 107 cm³/mol. The van der Waals surface area contributed by atoms with Gasteiger partial charge in [0.25, 0.3) is 0 Å². The second-order valence-electron chi connectivity index (χ2n) is 7.24. The second kappa shape index (κ2) is 10.1. The van der Waals surface area contributed by atoms with E-state index in [1.54, 1.807) is 0 Å². The van der Waals surface area contributed by atoms with Crippen molar-refractivity contribution >= 4 is 5.96 Å². The zero-order chi connectivity index (χ0) is 21.5. The summed E-state index contributed by atoms with van der Waals surface area (Å²) in [5.41, 5.74) is -3.05. The number of aliphatic hydroxyl groups is 1. The molecule has 1 aliphatic heterocycles. The first-order valence-corrected chi connectivity index (χ1v) is 9.86. The van der Waals surface area contributed by atoms with Gasteiger partial charge in [0.05, 0.1) is 0 Å². The summed E-state index contributed by atoms with van der Waals surface area (Å²) in [6.45, 7) is 8.73. The summed E-state index contributed by atoms with van der Waals surface area (Å²) in [4.78, 5) is 10.3. The van der Waals surface area contributed by atoms with Gasteiger partial charge in [0.1, 0.15) is 5.82 Å². The van der Waals surface area contributed by atoms with Crippen molar-refractivity contribution in [3.05, 3.63) is 30.9 Å². The number of piperidine rings is 1. The Morgan fingerprint density at radius 2 is 2.10 bits per heavy atom. The summed E-state index contributed by atoms with van der Waals surface area (Å²) in [5.74, 6) is 0.0202. The third-order valence-corrected chi connectivity index (χ3v) is 5.06. The van der Waals surface area contributed by atoms with Gasteiger partial charge in [0.15, 0.2) is 5.96 Å². The quantitative estimate of drug-likeness (QED) is 0.342. The van der Waals surface area contributed by atoms with E-state index >= 15 is 0 Å². The largest absolute Gasteiger partial charge is 0.424 e. The number of aromatic nitrogens is 2. The van der Waals surface area contributed by atoms with E-state index in [-0.39, 0.29) is 12.6 Å². The molecule has 7 nitrogen and oxygen atoms in total. The van der Waals surface area contributed by atoms with Crippen molar-refractivity contribution in [2.24, 2.45) is 12.0 Å². The van der Waals surface area contributed by atoms with Gasteiger partial charge in [-0.05, 0) is 19.8 Å². The van der Waals surface area contributed by atoms with Crippen LogP contribution in [0, 0.1) is 0 Å². The average Bonchev–Trinajstić information content (AvgIpc) is 3.09. The normalized spacial score (nSPS) is 19.0. The number of aliphatic imine (C=N–C) groups is 1. The maximum Gasteiger partial charge on any atom is 0.424 e. The van der Waals surface area contributed by atoms with Gasteiger partial charge in [-0.25, -0.2) is 4.98 Å². The van der Waals surface area contributed by atoms with Crippen molar-refractivity contribution in [1.82, 2.24) is 25.1 Å². The fraction of sp³-hybridized carbons (Fsp3) is 0.684. The van der Waals surface area contributed by atoms with E-state index in [0.717, 1.165) is 32.5 Å². The number of alkyl halides is 3. The van der Waals surface area contributed by atoms with Crippen LogP contribution in [0.25, 0.3) is 0 Å². The molecule has 1 fully saturated rings. The summed E-state index contributed by atoms with van der Waals surface area (Å²) in [6.07, 6.45) is 0.846. The molecule has 3 N–H and O–H groups in total. The van der Waals surface area contributed by atoms with E-state index in [2.05, 4.69) is 32.1 Å². The van der Waals surface area contributed by atoms with Crippen molar-refractivity contribution in [3.63, 3.8) is 0 Å². The maximum atomic E-state index is 13.6. The van der Waals surface area contributed by atoms with Gasteiger partial charge >= 0.3 is 6.18 Å². The number of likely N-dealkylation sites (tertiary alicyclic amines) is 1. The van der Waals surface area contributed by atoms with E-state index in [1.807, 2.05) is 13.0 Å². The number of halogens is 3. The van der Waals surface area contributed by atoms with Crippen molar-refractivity contribution < 1.29 is 18.3 Å². The first-order valence-electron chi connectivity index (χ1n) is 9.86. The van der Waals surface area contributed by atoms with Crippen molar-refractivity contribution in [2.75, 3.05) is 32.7 Å². The molecule has 0 aliphatic carbocycles. The molecular weight excluding hydrogens is 385 g/mol. The Labute approximate surface area is 169 Å². The van der Waals surface area contributed by atoms with Gasteiger partial charge in [-0.3, -0.25) is 9.89 Å². The Hall–Kier alpha value is -2.07. The van der Waals surface area contributed by atoms with Crippen LogP contribution in [-0.2, 0) is 12.6 Å². The first kappa shape index (κ1) is 23.2. The maximum absolute atomic E-state index is 13.6. The molecule has 1 atom stereocenters. The van der Waals surface area contributed by atoms with Crippen molar-refractivity contribution in [1.29, 1.82) is 0 Å². The molecule has 29 heavy (non-hydrogen) atoms. The predicted octanol–water partition coefficient (Wildman–Crippen LogP) is 1.77. The minimum absolute atomic E-state index is 0.199. The molecule has 1 aromatic rings.